The first-order valence-corrected chi connectivity index (χ1v) is 13.7. The van der Waals surface area contributed by atoms with Gasteiger partial charge in [-0.2, -0.15) is 0 Å². The molecular formula is C31H43N3O5. The van der Waals surface area contributed by atoms with E-state index in [0.29, 0.717) is 17.9 Å². The fraction of sp³-hybridized carbons (Fsp3) is 0.516. The maximum absolute atomic E-state index is 14.3. The van der Waals surface area contributed by atoms with Crippen LogP contribution in [-0.2, 0) is 14.3 Å². The standard InChI is InChI=1S/C31H43N3O5/c1-9-21(4)26(33-30(37)39-31(5,6)7)29(36)34(24-12-13-24)27(22-17-19(2)16-20(3)18-22)28(35)32-23-10-14-25(38-8)15-11-23/h10-11,14-18,21,24,26-27H,9,12-13H2,1-8H3,(H,32,35)(H,33,37). The minimum Gasteiger partial charge on any atom is -0.497 e. The molecule has 8 nitrogen and oxygen atoms in total. The number of rotatable bonds is 10. The number of alkyl carbamates (subject to hydrolysis) is 1. The summed E-state index contributed by atoms with van der Waals surface area (Å²) in [4.78, 5) is 42.7. The average Bonchev–Trinajstić information content (AvgIpc) is 3.68. The van der Waals surface area contributed by atoms with E-state index in [-0.39, 0.29) is 23.8 Å². The molecule has 212 valence electrons. The first kappa shape index (κ1) is 30.0. The van der Waals surface area contributed by atoms with Gasteiger partial charge in [-0.1, -0.05) is 49.6 Å². The van der Waals surface area contributed by atoms with Crippen LogP contribution in [0.4, 0.5) is 10.5 Å². The zero-order chi connectivity index (χ0) is 28.9. The third-order valence-corrected chi connectivity index (χ3v) is 6.79. The Balaban J connectivity index is 2.02. The maximum atomic E-state index is 14.3. The van der Waals surface area contributed by atoms with Crippen molar-refractivity contribution in [2.24, 2.45) is 5.92 Å². The summed E-state index contributed by atoms with van der Waals surface area (Å²) in [5.41, 5.74) is 2.63. The van der Waals surface area contributed by atoms with Gasteiger partial charge >= 0.3 is 6.09 Å². The number of carbonyl (C=O) groups excluding carboxylic acids is 3. The molecule has 39 heavy (non-hydrogen) atoms. The largest absolute Gasteiger partial charge is 0.497 e. The number of amides is 3. The van der Waals surface area contributed by atoms with Crippen molar-refractivity contribution in [2.75, 3.05) is 12.4 Å². The van der Waals surface area contributed by atoms with Crippen molar-refractivity contribution in [3.05, 3.63) is 59.2 Å². The Labute approximate surface area is 232 Å². The molecule has 2 aromatic carbocycles. The second-order valence-electron chi connectivity index (χ2n) is 11.5. The lowest BCUT2D eigenvalue weighted by atomic mass is 9.94. The summed E-state index contributed by atoms with van der Waals surface area (Å²) in [7, 11) is 1.59. The van der Waals surface area contributed by atoms with E-state index in [1.807, 2.05) is 45.9 Å². The number of ether oxygens (including phenoxy) is 2. The molecule has 0 saturated heterocycles. The Bertz CT molecular complexity index is 1150. The number of methoxy groups -OCH3 is 1. The van der Waals surface area contributed by atoms with E-state index < -0.39 is 23.8 Å². The lowest BCUT2D eigenvalue weighted by molar-refractivity contribution is -0.142. The smallest absolute Gasteiger partial charge is 0.408 e. The first-order valence-electron chi connectivity index (χ1n) is 13.7. The van der Waals surface area contributed by atoms with E-state index in [4.69, 9.17) is 9.47 Å². The fourth-order valence-electron chi connectivity index (χ4n) is 4.64. The monoisotopic (exact) mass is 537 g/mol. The van der Waals surface area contributed by atoms with Crippen LogP contribution < -0.4 is 15.4 Å². The average molecular weight is 538 g/mol. The number of nitrogens with zero attached hydrogens (tertiary/aromatic N) is 1. The van der Waals surface area contributed by atoms with Crippen LogP contribution in [0.1, 0.15) is 76.6 Å². The number of nitrogens with one attached hydrogen (secondary N) is 2. The second-order valence-corrected chi connectivity index (χ2v) is 11.5. The predicted molar refractivity (Wildman–Crippen MR) is 153 cm³/mol. The molecule has 0 aromatic heterocycles. The number of hydrogen-bond acceptors (Lipinski definition) is 5. The van der Waals surface area contributed by atoms with Gasteiger partial charge in [0.1, 0.15) is 23.4 Å². The quantitative estimate of drug-likeness (QED) is 0.392. The van der Waals surface area contributed by atoms with Crippen LogP contribution in [-0.4, -0.2) is 47.6 Å². The molecule has 1 aliphatic carbocycles. The Kier molecular flexibility index (Phi) is 9.64. The predicted octanol–water partition coefficient (Wildman–Crippen LogP) is 5.92. The zero-order valence-corrected chi connectivity index (χ0v) is 24.5. The van der Waals surface area contributed by atoms with Crippen LogP contribution in [0.3, 0.4) is 0 Å². The van der Waals surface area contributed by atoms with E-state index in [1.165, 1.54) is 0 Å². The topological polar surface area (TPSA) is 97.0 Å². The van der Waals surface area contributed by atoms with E-state index >= 15 is 0 Å². The molecule has 0 aliphatic heterocycles. The van der Waals surface area contributed by atoms with Gasteiger partial charge in [0.05, 0.1) is 7.11 Å². The van der Waals surface area contributed by atoms with Gasteiger partial charge in [-0.3, -0.25) is 9.59 Å². The molecule has 3 unspecified atom stereocenters. The Morgan fingerprint density at radius 3 is 2.10 bits per heavy atom. The van der Waals surface area contributed by atoms with E-state index in [1.54, 1.807) is 57.0 Å². The molecule has 1 fully saturated rings. The molecule has 3 atom stereocenters. The molecule has 0 heterocycles. The normalized spacial score (nSPS) is 15.5. The van der Waals surface area contributed by atoms with Crippen molar-refractivity contribution >= 4 is 23.6 Å². The highest BCUT2D eigenvalue weighted by atomic mass is 16.6. The lowest BCUT2D eigenvalue weighted by Gasteiger charge is -2.36. The Hall–Kier alpha value is -3.55. The molecule has 1 saturated carbocycles. The number of aryl methyl sites for hydroxylation is 2. The van der Waals surface area contributed by atoms with Gasteiger partial charge in [0, 0.05) is 11.7 Å². The van der Waals surface area contributed by atoms with E-state index in [9.17, 15) is 14.4 Å². The molecule has 0 bridgehead atoms. The minimum absolute atomic E-state index is 0.100. The van der Waals surface area contributed by atoms with Gasteiger partial charge in [-0.25, -0.2) is 4.79 Å². The van der Waals surface area contributed by atoms with Crippen molar-refractivity contribution in [3.63, 3.8) is 0 Å². The summed E-state index contributed by atoms with van der Waals surface area (Å²) in [6.45, 7) is 13.2. The summed E-state index contributed by atoms with van der Waals surface area (Å²) >= 11 is 0. The van der Waals surface area contributed by atoms with Crippen LogP contribution in [0.15, 0.2) is 42.5 Å². The third-order valence-electron chi connectivity index (χ3n) is 6.79. The third kappa shape index (κ3) is 8.22. The highest BCUT2D eigenvalue weighted by Gasteiger charge is 2.45. The lowest BCUT2D eigenvalue weighted by Crippen LogP contribution is -2.55. The van der Waals surface area contributed by atoms with Gasteiger partial charge < -0.3 is 25.0 Å². The molecule has 0 spiro atoms. The summed E-state index contributed by atoms with van der Waals surface area (Å²) in [6.07, 6.45) is 1.60. The number of hydrogen-bond donors (Lipinski definition) is 2. The Morgan fingerprint density at radius 2 is 1.62 bits per heavy atom. The Morgan fingerprint density at radius 1 is 1.03 bits per heavy atom. The summed E-state index contributed by atoms with van der Waals surface area (Å²) in [5.74, 6) is -0.0913. The van der Waals surface area contributed by atoms with Crippen molar-refractivity contribution in [3.8, 4) is 5.75 Å². The fourth-order valence-corrected chi connectivity index (χ4v) is 4.64. The SMILES string of the molecule is CCC(C)C(NC(=O)OC(C)(C)C)C(=O)N(C1CC1)C(C(=O)Nc1ccc(OC)cc1)c1cc(C)cc(C)c1. The van der Waals surface area contributed by atoms with Crippen LogP contribution >= 0.6 is 0 Å². The summed E-state index contributed by atoms with van der Waals surface area (Å²) < 4.78 is 10.7. The number of anilines is 1. The number of carbonyl (C=O) groups is 3. The highest BCUT2D eigenvalue weighted by Crippen LogP contribution is 2.37. The molecule has 2 aromatic rings. The zero-order valence-electron chi connectivity index (χ0n) is 24.5. The molecule has 8 heteroatoms. The highest BCUT2D eigenvalue weighted by molar-refractivity contribution is 5.99. The van der Waals surface area contributed by atoms with Gasteiger partial charge in [0.15, 0.2) is 0 Å². The first-order chi connectivity index (χ1) is 18.3. The molecule has 3 amide bonds. The maximum Gasteiger partial charge on any atom is 0.408 e. The van der Waals surface area contributed by atoms with Crippen molar-refractivity contribution in [1.29, 1.82) is 0 Å². The van der Waals surface area contributed by atoms with Gasteiger partial charge in [-0.15, -0.1) is 0 Å². The van der Waals surface area contributed by atoms with Crippen LogP contribution in [0.5, 0.6) is 5.75 Å². The van der Waals surface area contributed by atoms with Gasteiger partial charge in [0.25, 0.3) is 5.91 Å². The second kappa shape index (κ2) is 12.5. The van der Waals surface area contributed by atoms with Crippen LogP contribution in [0.2, 0.25) is 0 Å². The molecule has 1 aliphatic rings. The molecule has 2 N–H and O–H groups in total. The van der Waals surface area contributed by atoms with Crippen molar-refractivity contribution in [1.82, 2.24) is 10.2 Å². The molecule has 3 rings (SSSR count). The summed E-state index contributed by atoms with van der Waals surface area (Å²) in [5, 5.41) is 5.82. The van der Waals surface area contributed by atoms with Crippen molar-refractivity contribution < 1.29 is 23.9 Å². The van der Waals surface area contributed by atoms with E-state index in [2.05, 4.69) is 10.6 Å². The molecular weight excluding hydrogens is 494 g/mol. The van der Waals surface area contributed by atoms with E-state index in [0.717, 1.165) is 29.5 Å². The van der Waals surface area contributed by atoms with Crippen molar-refractivity contribution in [2.45, 2.75) is 91.5 Å². The van der Waals surface area contributed by atoms with Gasteiger partial charge in [-0.05, 0) is 83.2 Å². The minimum atomic E-state index is -0.877. The number of benzene rings is 2. The molecule has 0 radical (unpaired) electrons. The van der Waals surface area contributed by atoms with Crippen LogP contribution in [0, 0.1) is 19.8 Å². The summed E-state index contributed by atoms with van der Waals surface area (Å²) in [6, 6.07) is 11.2. The van der Waals surface area contributed by atoms with Crippen LogP contribution in [0.25, 0.3) is 0 Å². The van der Waals surface area contributed by atoms with Gasteiger partial charge in [0.2, 0.25) is 5.91 Å².